The molecule has 8 nitrogen and oxygen atoms in total. The number of amides is 1. The maximum absolute atomic E-state index is 11.9. The molecule has 2 rings (SSSR count). The Hall–Kier alpha value is -2.90. The van der Waals surface area contributed by atoms with E-state index in [-0.39, 0.29) is 23.2 Å². The standard InChI is InChI=1S/C15H19N5O3/c1-11(2)18-15(21)12-4-5-13(14(10-12)20(22)23)16-7-9-19-8-3-6-17-19/h3-6,8,10-11,16H,7,9H2,1-2H3,(H,18,21). The van der Waals surface area contributed by atoms with Gasteiger partial charge in [0.25, 0.3) is 11.6 Å². The first-order chi connectivity index (χ1) is 11.0. The summed E-state index contributed by atoms with van der Waals surface area (Å²) >= 11 is 0. The predicted molar refractivity (Wildman–Crippen MR) is 86.4 cm³/mol. The lowest BCUT2D eigenvalue weighted by Crippen LogP contribution is -2.30. The minimum atomic E-state index is -0.498. The van der Waals surface area contributed by atoms with E-state index in [9.17, 15) is 14.9 Å². The first-order valence-electron chi connectivity index (χ1n) is 7.28. The lowest BCUT2D eigenvalue weighted by Gasteiger charge is -2.10. The number of carbonyl (C=O) groups is 1. The molecule has 1 aromatic heterocycles. The average molecular weight is 317 g/mol. The van der Waals surface area contributed by atoms with Crippen LogP contribution in [0.5, 0.6) is 0 Å². The quantitative estimate of drug-likeness (QED) is 0.601. The molecule has 1 amide bonds. The molecule has 1 heterocycles. The zero-order valence-corrected chi connectivity index (χ0v) is 13.0. The van der Waals surface area contributed by atoms with E-state index in [1.807, 2.05) is 26.1 Å². The molecule has 0 spiro atoms. The van der Waals surface area contributed by atoms with Gasteiger partial charge in [0.15, 0.2) is 0 Å². The lowest BCUT2D eigenvalue weighted by molar-refractivity contribution is -0.384. The third kappa shape index (κ3) is 4.53. The number of hydrogen-bond donors (Lipinski definition) is 2. The van der Waals surface area contributed by atoms with Gasteiger partial charge in [-0.15, -0.1) is 0 Å². The Labute approximate surface area is 133 Å². The summed E-state index contributed by atoms with van der Waals surface area (Å²) < 4.78 is 1.73. The monoisotopic (exact) mass is 317 g/mol. The molecule has 2 aromatic rings. The van der Waals surface area contributed by atoms with E-state index >= 15 is 0 Å². The molecular formula is C15H19N5O3. The molecule has 0 aliphatic heterocycles. The van der Waals surface area contributed by atoms with Crippen molar-refractivity contribution in [3.63, 3.8) is 0 Å². The van der Waals surface area contributed by atoms with E-state index in [4.69, 9.17) is 0 Å². The van der Waals surface area contributed by atoms with Crippen molar-refractivity contribution >= 4 is 17.3 Å². The van der Waals surface area contributed by atoms with Crippen molar-refractivity contribution in [1.29, 1.82) is 0 Å². The molecule has 0 unspecified atom stereocenters. The van der Waals surface area contributed by atoms with Crippen molar-refractivity contribution in [3.05, 3.63) is 52.3 Å². The molecule has 0 aliphatic rings. The van der Waals surface area contributed by atoms with Gasteiger partial charge in [-0.2, -0.15) is 5.10 Å². The number of benzene rings is 1. The fourth-order valence-corrected chi connectivity index (χ4v) is 2.06. The number of hydrogen-bond acceptors (Lipinski definition) is 5. The summed E-state index contributed by atoms with van der Waals surface area (Å²) in [4.78, 5) is 22.7. The molecule has 8 heteroatoms. The largest absolute Gasteiger partial charge is 0.378 e. The number of rotatable bonds is 7. The van der Waals surface area contributed by atoms with Gasteiger partial charge >= 0.3 is 0 Å². The highest BCUT2D eigenvalue weighted by Gasteiger charge is 2.17. The zero-order chi connectivity index (χ0) is 16.8. The smallest absolute Gasteiger partial charge is 0.293 e. The predicted octanol–water partition coefficient (Wildman–Crippen LogP) is 2.04. The van der Waals surface area contributed by atoms with E-state index < -0.39 is 4.92 Å². The lowest BCUT2D eigenvalue weighted by atomic mass is 10.1. The molecule has 23 heavy (non-hydrogen) atoms. The summed E-state index contributed by atoms with van der Waals surface area (Å²) in [5.41, 5.74) is 0.521. The highest BCUT2D eigenvalue weighted by atomic mass is 16.6. The normalized spacial score (nSPS) is 10.6. The van der Waals surface area contributed by atoms with Crippen LogP contribution in [0.2, 0.25) is 0 Å². The summed E-state index contributed by atoms with van der Waals surface area (Å²) in [5, 5.41) is 21.0. The summed E-state index contributed by atoms with van der Waals surface area (Å²) in [6.45, 7) is 4.73. The Balaban J connectivity index is 2.09. The summed E-state index contributed by atoms with van der Waals surface area (Å²) in [6.07, 6.45) is 3.49. The third-order valence-corrected chi connectivity index (χ3v) is 3.09. The van der Waals surface area contributed by atoms with E-state index in [1.165, 1.54) is 6.07 Å². The van der Waals surface area contributed by atoms with Crippen LogP contribution in [0, 0.1) is 10.1 Å². The van der Waals surface area contributed by atoms with Crippen molar-refractivity contribution < 1.29 is 9.72 Å². The number of nitro groups is 1. The number of nitrogens with zero attached hydrogens (tertiary/aromatic N) is 3. The SMILES string of the molecule is CC(C)NC(=O)c1ccc(NCCn2cccn2)c([N+](=O)[O-])c1. The highest BCUT2D eigenvalue weighted by molar-refractivity contribution is 5.95. The Bertz CT molecular complexity index is 682. The maximum Gasteiger partial charge on any atom is 0.293 e. The van der Waals surface area contributed by atoms with Crippen LogP contribution in [0.25, 0.3) is 0 Å². The van der Waals surface area contributed by atoms with Gasteiger partial charge in [0.05, 0.1) is 11.5 Å². The zero-order valence-electron chi connectivity index (χ0n) is 13.0. The Morgan fingerprint density at radius 3 is 2.83 bits per heavy atom. The number of carbonyl (C=O) groups excluding carboxylic acids is 1. The third-order valence-electron chi connectivity index (χ3n) is 3.09. The fraction of sp³-hybridized carbons (Fsp3) is 0.333. The van der Waals surface area contributed by atoms with Crippen LogP contribution < -0.4 is 10.6 Å². The molecule has 122 valence electrons. The van der Waals surface area contributed by atoms with E-state index in [0.29, 0.717) is 18.8 Å². The number of aromatic nitrogens is 2. The maximum atomic E-state index is 11.9. The molecule has 0 fully saturated rings. The van der Waals surface area contributed by atoms with Gasteiger partial charge in [-0.05, 0) is 32.0 Å². The molecular weight excluding hydrogens is 298 g/mol. The van der Waals surface area contributed by atoms with Crippen molar-refractivity contribution in [2.75, 3.05) is 11.9 Å². The summed E-state index contributed by atoms with van der Waals surface area (Å²) in [7, 11) is 0. The Morgan fingerprint density at radius 1 is 1.43 bits per heavy atom. The minimum absolute atomic E-state index is 0.0339. The number of nitro benzene ring substituents is 1. The fourth-order valence-electron chi connectivity index (χ4n) is 2.06. The van der Waals surface area contributed by atoms with Gasteiger partial charge in [0.2, 0.25) is 0 Å². The van der Waals surface area contributed by atoms with Crippen LogP contribution in [-0.2, 0) is 6.54 Å². The molecule has 0 radical (unpaired) electrons. The van der Waals surface area contributed by atoms with Crippen LogP contribution in [0.3, 0.4) is 0 Å². The van der Waals surface area contributed by atoms with Gasteiger partial charge in [0, 0.05) is 36.6 Å². The van der Waals surface area contributed by atoms with E-state index in [0.717, 1.165) is 0 Å². The van der Waals surface area contributed by atoms with Crippen LogP contribution >= 0.6 is 0 Å². The molecule has 0 atom stereocenters. The molecule has 0 saturated carbocycles. The summed E-state index contributed by atoms with van der Waals surface area (Å²) in [6, 6.07) is 6.18. The van der Waals surface area contributed by atoms with Crippen LogP contribution in [0.1, 0.15) is 24.2 Å². The second-order valence-corrected chi connectivity index (χ2v) is 5.31. The van der Waals surface area contributed by atoms with Crippen molar-refractivity contribution in [2.24, 2.45) is 0 Å². The van der Waals surface area contributed by atoms with Crippen LogP contribution in [0.4, 0.5) is 11.4 Å². The summed E-state index contributed by atoms with van der Waals surface area (Å²) in [5.74, 6) is -0.328. The van der Waals surface area contributed by atoms with Gasteiger partial charge in [-0.3, -0.25) is 19.6 Å². The second kappa shape index (κ2) is 7.39. The molecule has 0 saturated heterocycles. The Kier molecular flexibility index (Phi) is 5.29. The first kappa shape index (κ1) is 16.5. The Morgan fingerprint density at radius 2 is 2.22 bits per heavy atom. The number of anilines is 1. The van der Waals surface area contributed by atoms with Crippen LogP contribution in [-0.4, -0.2) is 33.2 Å². The number of nitrogens with one attached hydrogen (secondary N) is 2. The van der Waals surface area contributed by atoms with Crippen molar-refractivity contribution in [1.82, 2.24) is 15.1 Å². The van der Waals surface area contributed by atoms with Crippen molar-refractivity contribution in [2.45, 2.75) is 26.4 Å². The average Bonchev–Trinajstić information content (AvgIpc) is 2.99. The molecule has 0 bridgehead atoms. The minimum Gasteiger partial charge on any atom is -0.378 e. The molecule has 1 aromatic carbocycles. The topological polar surface area (TPSA) is 102 Å². The van der Waals surface area contributed by atoms with Crippen molar-refractivity contribution in [3.8, 4) is 0 Å². The van der Waals surface area contributed by atoms with Gasteiger partial charge in [-0.1, -0.05) is 0 Å². The molecule has 2 N–H and O–H groups in total. The van der Waals surface area contributed by atoms with E-state index in [2.05, 4.69) is 15.7 Å². The second-order valence-electron chi connectivity index (χ2n) is 5.31. The van der Waals surface area contributed by atoms with Gasteiger partial charge in [-0.25, -0.2) is 0 Å². The van der Waals surface area contributed by atoms with E-state index in [1.54, 1.807) is 23.0 Å². The van der Waals surface area contributed by atoms with Gasteiger partial charge < -0.3 is 10.6 Å². The molecule has 0 aliphatic carbocycles. The van der Waals surface area contributed by atoms with Gasteiger partial charge in [0.1, 0.15) is 5.69 Å². The van der Waals surface area contributed by atoms with Crippen LogP contribution in [0.15, 0.2) is 36.7 Å². The first-order valence-corrected chi connectivity index (χ1v) is 7.28. The highest BCUT2D eigenvalue weighted by Crippen LogP contribution is 2.25.